The monoisotopic (exact) mass is 300 g/mol. The summed E-state index contributed by atoms with van der Waals surface area (Å²) in [5.41, 5.74) is -0.675. The summed E-state index contributed by atoms with van der Waals surface area (Å²) in [6.07, 6.45) is -1.55. The molecule has 2 saturated heterocycles. The van der Waals surface area contributed by atoms with Crippen LogP contribution in [0.2, 0.25) is 0 Å². The number of carbonyl (C=O) groups excluding carboxylic acids is 2. The van der Waals surface area contributed by atoms with E-state index in [4.69, 9.17) is 10.0 Å². The molecule has 8 nitrogen and oxygen atoms in total. The Labute approximate surface area is 122 Å². The number of carboxylic acid groups (broad SMARTS) is 1. The number of hydrogen-bond donors (Lipinski definition) is 1. The second-order valence-electron chi connectivity index (χ2n) is 6.60. The van der Waals surface area contributed by atoms with Crippen molar-refractivity contribution in [3.63, 3.8) is 0 Å². The van der Waals surface area contributed by atoms with E-state index in [1.165, 1.54) is 0 Å². The molecular weight excluding hydrogens is 280 g/mol. The van der Waals surface area contributed by atoms with Crippen LogP contribution in [-0.2, 0) is 19.3 Å². The van der Waals surface area contributed by atoms with Gasteiger partial charge in [-0.3, -0.25) is 9.59 Å². The summed E-state index contributed by atoms with van der Waals surface area (Å²) in [5.74, 6) is -1.40. The second-order valence-corrected chi connectivity index (χ2v) is 6.60. The van der Waals surface area contributed by atoms with Gasteiger partial charge < -0.3 is 9.84 Å². The SMILES string of the molecule is CC1(C)CCC(C)(C)N1ON1C(=O)CC(OC(=O)O)C1=O. The van der Waals surface area contributed by atoms with Gasteiger partial charge in [-0.05, 0) is 40.5 Å². The molecule has 0 aromatic carbocycles. The van der Waals surface area contributed by atoms with Crippen LogP contribution in [0.25, 0.3) is 0 Å². The minimum absolute atomic E-state index is 0.334. The zero-order valence-electron chi connectivity index (χ0n) is 12.6. The molecule has 0 radical (unpaired) electrons. The third kappa shape index (κ3) is 2.86. The number of hydroxylamine groups is 4. The van der Waals surface area contributed by atoms with Crippen LogP contribution < -0.4 is 0 Å². The van der Waals surface area contributed by atoms with E-state index in [-0.39, 0.29) is 17.5 Å². The number of ether oxygens (including phenoxy) is 1. The Kier molecular flexibility index (Phi) is 3.71. The Bertz CT molecular complexity index is 471. The van der Waals surface area contributed by atoms with Gasteiger partial charge in [0.15, 0.2) is 6.10 Å². The highest BCUT2D eigenvalue weighted by atomic mass is 16.9. The fraction of sp³-hybridized carbons (Fsp3) is 0.769. The minimum Gasteiger partial charge on any atom is -0.450 e. The highest BCUT2D eigenvalue weighted by Crippen LogP contribution is 2.41. The molecule has 0 bridgehead atoms. The highest BCUT2D eigenvalue weighted by Gasteiger charge is 2.51. The molecule has 0 aromatic rings. The Morgan fingerprint density at radius 1 is 1.19 bits per heavy atom. The lowest BCUT2D eigenvalue weighted by atomic mass is 10.0. The molecule has 0 saturated carbocycles. The molecule has 2 rings (SSSR count). The van der Waals surface area contributed by atoms with E-state index in [1.807, 2.05) is 27.7 Å². The molecule has 2 amide bonds. The van der Waals surface area contributed by atoms with Crippen molar-refractivity contribution in [2.45, 2.75) is 64.1 Å². The molecule has 0 aromatic heterocycles. The largest absolute Gasteiger partial charge is 0.506 e. The molecule has 2 heterocycles. The molecule has 2 aliphatic heterocycles. The zero-order valence-corrected chi connectivity index (χ0v) is 12.6. The number of imide groups is 1. The second kappa shape index (κ2) is 4.96. The first kappa shape index (κ1) is 15.7. The van der Waals surface area contributed by atoms with Gasteiger partial charge in [0.25, 0.3) is 11.8 Å². The molecule has 1 atom stereocenters. The van der Waals surface area contributed by atoms with Crippen LogP contribution in [0.3, 0.4) is 0 Å². The van der Waals surface area contributed by atoms with Crippen molar-refractivity contribution in [1.29, 1.82) is 0 Å². The van der Waals surface area contributed by atoms with E-state index in [9.17, 15) is 14.4 Å². The molecule has 1 unspecified atom stereocenters. The molecule has 2 fully saturated rings. The summed E-state index contributed by atoms with van der Waals surface area (Å²) in [6, 6.07) is 0. The lowest BCUT2D eigenvalue weighted by Gasteiger charge is -2.39. The van der Waals surface area contributed by atoms with E-state index in [1.54, 1.807) is 5.06 Å². The average molecular weight is 300 g/mol. The topological polar surface area (TPSA) is 96.4 Å². The maximum atomic E-state index is 12.0. The average Bonchev–Trinajstić information content (AvgIpc) is 2.69. The Hall–Kier alpha value is -1.67. The number of nitrogens with zero attached hydrogens (tertiary/aromatic N) is 2. The van der Waals surface area contributed by atoms with Crippen molar-refractivity contribution in [2.75, 3.05) is 0 Å². The smallest absolute Gasteiger partial charge is 0.450 e. The number of hydrogen-bond acceptors (Lipinski definition) is 6. The van der Waals surface area contributed by atoms with Crippen molar-refractivity contribution < 1.29 is 29.2 Å². The first-order chi connectivity index (χ1) is 9.54. The molecule has 2 aliphatic rings. The van der Waals surface area contributed by atoms with Gasteiger partial charge in [-0.2, -0.15) is 10.0 Å². The van der Waals surface area contributed by atoms with Crippen LogP contribution in [-0.4, -0.2) is 50.4 Å². The van der Waals surface area contributed by atoms with E-state index in [0.717, 1.165) is 12.8 Å². The summed E-state index contributed by atoms with van der Waals surface area (Å²) >= 11 is 0. The zero-order chi connectivity index (χ0) is 16.0. The van der Waals surface area contributed by atoms with Gasteiger partial charge in [0.1, 0.15) is 0 Å². The first-order valence-electron chi connectivity index (χ1n) is 6.79. The lowest BCUT2D eigenvalue weighted by Crippen LogP contribution is -2.53. The predicted octanol–water partition coefficient (Wildman–Crippen LogP) is 1.31. The Morgan fingerprint density at radius 3 is 2.19 bits per heavy atom. The number of rotatable bonds is 3. The quantitative estimate of drug-likeness (QED) is 0.620. The first-order valence-corrected chi connectivity index (χ1v) is 6.79. The van der Waals surface area contributed by atoms with Gasteiger partial charge >= 0.3 is 6.16 Å². The van der Waals surface area contributed by atoms with Crippen LogP contribution in [0.5, 0.6) is 0 Å². The summed E-state index contributed by atoms with van der Waals surface area (Å²) in [5, 5.41) is 10.8. The van der Waals surface area contributed by atoms with E-state index >= 15 is 0 Å². The normalized spacial score (nSPS) is 28.2. The van der Waals surface area contributed by atoms with Gasteiger partial charge in [-0.25, -0.2) is 4.79 Å². The molecule has 8 heteroatoms. The fourth-order valence-corrected chi connectivity index (χ4v) is 2.82. The van der Waals surface area contributed by atoms with Gasteiger partial charge in [0.05, 0.1) is 6.42 Å². The fourth-order valence-electron chi connectivity index (χ4n) is 2.82. The van der Waals surface area contributed by atoms with Gasteiger partial charge in [-0.1, -0.05) is 0 Å². The number of amides is 2. The van der Waals surface area contributed by atoms with Crippen molar-refractivity contribution >= 4 is 18.0 Å². The van der Waals surface area contributed by atoms with Crippen LogP contribution in [0.4, 0.5) is 4.79 Å². The van der Waals surface area contributed by atoms with Gasteiger partial charge in [0.2, 0.25) is 0 Å². The van der Waals surface area contributed by atoms with Gasteiger partial charge in [0, 0.05) is 11.1 Å². The third-order valence-electron chi connectivity index (χ3n) is 3.92. The summed E-state index contributed by atoms with van der Waals surface area (Å²) in [6.45, 7) is 7.83. The Morgan fingerprint density at radius 2 is 1.71 bits per heavy atom. The molecular formula is C13H20N2O6. The van der Waals surface area contributed by atoms with Crippen LogP contribution in [0.1, 0.15) is 47.0 Å². The Balaban J connectivity index is 2.14. The molecule has 0 aliphatic carbocycles. The van der Waals surface area contributed by atoms with Crippen LogP contribution in [0, 0.1) is 0 Å². The third-order valence-corrected chi connectivity index (χ3v) is 3.92. The van der Waals surface area contributed by atoms with Crippen LogP contribution in [0.15, 0.2) is 0 Å². The van der Waals surface area contributed by atoms with Crippen molar-refractivity contribution in [3.05, 3.63) is 0 Å². The number of carbonyl (C=O) groups is 3. The maximum Gasteiger partial charge on any atom is 0.506 e. The molecule has 21 heavy (non-hydrogen) atoms. The summed E-state index contributed by atoms with van der Waals surface area (Å²) < 4.78 is 4.40. The lowest BCUT2D eigenvalue weighted by molar-refractivity contribution is -0.341. The molecule has 118 valence electrons. The molecule has 1 N–H and O–H groups in total. The van der Waals surface area contributed by atoms with Crippen molar-refractivity contribution in [3.8, 4) is 0 Å². The van der Waals surface area contributed by atoms with E-state index in [2.05, 4.69) is 4.74 Å². The standard InChI is InChI=1S/C13H20N2O6/c1-12(2)5-6-13(3,4)15(12)21-14-9(16)7-8(10(14)17)20-11(18)19/h8H,5-7H2,1-4H3,(H,18,19). The maximum absolute atomic E-state index is 12.0. The van der Waals surface area contributed by atoms with E-state index in [0.29, 0.717) is 5.06 Å². The summed E-state index contributed by atoms with van der Waals surface area (Å²) in [7, 11) is 0. The van der Waals surface area contributed by atoms with Crippen molar-refractivity contribution in [2.24, 2.45) is 0 Å². The summed E-state index contributed by atoms with van der Waals surface area (Å²) in [4.78, 5) is 39.9. The van der Waals surface area contributed by atoms with Gasteiger partial charge in [-0.15, -0.1) is 5.06 Å². The minimum atomic E-state index is -1.59. The predicted molar refractivity (Wildman–Crippen MR) is 69.7 cm³/mol. The van der Waals surface area contributed by atoms with E-state index < -0.39 is 24.1 Å². The van der Waals surface area contributed by atoms with Crippen LogP contribution >= 0.6 is 0 Å². The highest BCUT2D eigenvalue weighted by molar-refractivity contribution is 6.04. The molecule has 0 spiro atoms. The van der Waals surface area contributed by atoms with Crippen molar-refractivity contribution in [1.82, 2.24) is 10.1 Å².